The van der Waals surface area contributed by atoms with Gasteiger partial charge in [-0.15, -0.1) is 0 Å². The molecule has 3 amide bonds. The van der Waals surface area contributed by atoms with Crippen LogP contribution in [0.4, 0.5) is 0 Å². The highest BCUT2D eigenvalue weighted by Gasteiger charge is 2.37. The molecule has 10 nitrogen and oxygen atoms in total. The van der Waals surface area contributed by atoms with E-state index in [-0.39, 0.29) is 13.0 Å². The number of rotatable bonds is 9. The second kappa shape index (κ2) is 10.5. The third-order valence-electron chi connectivity index (χ3n) is 4.68. The zero-order valence-electron chi connectivity index (χ0n) is 15.9. The third-order valence-corrected chi connectivity index (χ3v) is 4.68. The van der Waals surface area contributed by atoms with Gasteiger partial charge in [-0.1, -0.05) is 30.3 Å². The van der Waals surface area contributed by atoms with Gasteiger partial charge in [-0.3, -0.25) is 19.2 Å². The van der Waals surface area contributed by atoms with Crippen LogP contribution in [-0.2, 0) is 25.6 Å². The van der Waals surface area contributed by atoms with Crippen molar-refractivity contribution >= 4 is 23.7 Å². The van der Waals surface area contributed by atoms with E-state index in [4.69, 9.17) is 10.8 Å². The Balaban J connectivity index is 1.96. The van der Waals surface area contributed by atoms with Crippen molar-refractivity contribution in [1.82, 2.24) is 15.5 Å². The van der Waals surface area contributed by atoms with Gasteiger partial charge < -0.3 is 31.5 Å². The number of benzene rings is 1. The number of carboxylic acids is 1. The molecule has 0 spiro atoms. The molecule has 0 aromatic heterocycles. The molecule has 1 aliphatic rings. The van der Waals surface area contributed by atoms with Crippen LogP contribution < -0.4 is 16.4 Å². The summed E-state index contributed by atoms with van der Waals surface area (Å²) < 4.78 is 0. The number of hydrogen-bond acceptors (Lipinski definition) is 6. The fraction of sp³-hybridized carbons (Fsp3) is 0.474. The second-order valence-corrected chi connectivity index (χ2v) is 6.84. The first-order chi connectivity index (χ1) is 13.8. The average molecular weight is 406 g/mol. The molecule has 1 fully saturated rings. The molecule has 0 radical (unpaired) electrons. The van der Waals surface area contributed by atoms with Crippen LogP contribution in [0.3, 0.4) is 0 Å². The van der Waals surface area contributed by atoms with E-state index in [1.807, 2.05) is 30.3 Å². The van der Waals surface area contributed by atoms with Crippen LogP contribution >= 0.6 is 0 Å². The minimum absolute atomic E-state index is 0.267. The summed E-state index contributed by atoms with van der Waals surface area (Å²) in [7, 11) is 0. The van der Waals surface area contributed by atoms with Crippen LogP contribution in [0.2, 0.25) is 0 Å². The number of likely N-dealkylation sites (tertiary alicyclic amines) is 1. The summed E-state index contributed by atoms with van der Waals surface area (Å²) in [6, 6.07) is 6.15. The van der Waals surface area contributed by atoms with E-state index in [9.17, 15) is 24.3 Å². The minimum atomic E-state index is -1.24. The van der Waals surface area contributed by atoms with Gasteiger partial charge in [-0.2, -0.15) is 0 Å². The zero-order chi connectivity index (χ0) is 21.4. The van der Waals surface area contributed by atoms with Gasteiger partial charge in [-0.05, 0) is 24.8 Å². The minimum Gasteiger partial charge on any atom is -0.480 e. The van der Waals surface area contributed by atoms with Crippen molar-refractivity contribution in [2.75, 3.05) is 19.7 Å². The second-order valence-electron chi connectivity index (χ2n) is 6.84. The van der Waals surface area contributed by atoms with Crippen molar-refractivity contribution in [2.45, 2.75) is 37.4 Å². The van der Waals surface area contributed by atoms with Crippen molar-refractivity contribution < 1.29 is 29.4 Å². The van der Waals surface area contributed by atoms with E-state index in [0.717, 1.165) is 5.56 Å². The molecule has 0 bridgehead atoms. The molecule has 0 saturated carbocycles. The van der Waals surface area contributed by atoms with E-state index in [1.165, 1.54) is 4.90 Å². The zero-order valence-corrected chi connectivity index (χ0v) is 15.9. The number of nitrogens with two attached hydrogens (primary N) is 1. The Kier molecular flexibility index (Phi) is 8.10. The number of aliphatic hydroxyl groups excluding tert-OH is 1. The number of carboxylic acid groups (broad SMARTS) is 1. The molecule has 10 heteroatoms. The first-order valence-corrected chi connectivity index (χ1v) is 9.34. The van der Waals surface area contributed by atoms with Crippen LogP contribution in [0.1, 0.15) is 18.4 Å². The number of carbonyl (C=O) groups excluding carboxylic acids is 3. The Labute approximate surface area is 168 Å². The summed E-state index contributed by atoms with van der Waals surface area (Å²) in [6.07, 6.45) is 1.19. The fourth-order valence-corrected chi connectivity index (χ4v) is 3.21. The molecule has 29 heavy (non-hydrogen) atoms. The number of amides is 3. The Bertz CT molecular complexity index is 741. The third kappa shape index (κ3) is 6.26. The summed E-state index contributed by atoms with van der Waals surface area (Å²) >= 11 is 0. The van der Waals surface area contributed by atoms with Crippen molar-refractivity contribution in [3.8, 4) is 0 Å². The first kappa shape index (κ1) is 22.3. The highest BCUT2D eigenvalue weighted by Crippen LogP contribution is 2.18. The van der Waals surface area contributed by atoms with Crippen molar-refractivity contribution in [1.29, 1.82) is 0 Å². The SMILES string of the molecule is NC(Cc1ccccc1)C(=O)NC(CO)C(=O)N1CCCC1C(=O)NCC(=O)O. The Morgan fingerprint density at radius 1 is 1.21 bits per heavy atom. The maximum absolute atomic E-state index is 12.8. The molecule has 3 atom stereocenters. The first-order valence-electron chi connectivity index (χ1n) is 9.34. The van der Waals surface area contributed by atoms with Crippen LogP contribution in [-0.4, -0.2) is 76.6 Å². The standard InChI is InChI=1S/C19H26N4O6/c20-13(9-12-5-2-1-3-6-12)17(27)22-14(11-24)19(29)23-8-4-7-15(23)18(28)21-10-16(25)26/h1-3,5-6,13-15,24H,4,7-11,20H2,(H,21,28)(H,22,27)(H,25,26). The lowest BCUT2D eigenvalue weighted by Gasteiger charge is -2.28. The monoisotopic (exact) mass is 406 g/mol. The topological polar surface area (TPSA) is 162 Å². The van der Waals surface area contributed by atoms with Crippen LogP contribution in [0, 0.1) is 0 Å². The lowest BCUT2D eigenvalue weighted by molar-refractivity contribution is -0.143. The van der Waals surface area contributed by atoms with Crippen molar-refractivity contribution in [3.63, 3.8) is 0 Å². The Morgan fingerprint density at radius 3 is 2.52 bits per heavy atom. The van der Waals surface area contributed by atoms with Crippen LogP contribution in [0.25, 0.3) is 0 Å². The molecule has 1 heterocycles. The van der Waals surface area contributed by atoms with Gasteiger partial charge in [0, 0.05) is 6.54 Å². The molecule has 1 aromatic carbocycles. The maximum Gasteiger partial charge on any atom is 0.322 e. The van der Waals surface area contributed by atoms with Gasteiger partial charge >= 0.3 is 5.97 Å². The van der Waals surface area contributed by atoms with E-state index >= 15 is 0 Å². The maximum atomic E-state index is 12.8. The number of nitrogens with zero attached hydrogens (tertiary/aromatic N) is 1. The summed E-state index contributed by atoms with van der Waals surface area (Å²) in [5, 5.41) is 23.0. The average Bonchev–Trinajstić information content (AvgIpc) is 3.20. The van der Waals surface area contributed by atoms with Gasteiger partial charge in [0.2, 0.25) is 17.7 Å². The number of hydrogen-bond donors (Lipinski definition) is 5. The Morgan fingerprint density at radius 2 is 1.90 bits per heavy atom. The molecular formula is C19H26N4O6. The smallest absolute Gasteiger partial charge is 0.322 e. The Hall–Kier alpha value is -2.98. The number of nitrogens with one attached hydrogen (secondary N) is 2. The van der Waals surface area contributed by atoms with Crippen LogP contribution in [0.15, 0.2) is 30.3 Å². The number of carbonyl (C=O) groups is 4. The van der Waals surface area contributed by atoms with E-state index < -0.39 is 55.0 Å². The molecular weight excluding hydrogens is 380 g/mol. The van der Waals surface area contributed by atoms with Gasteiger partial charge in [0.25, 0.3) is 0 Å². The quantitative estimate of drug-likeness (QED) is 0.324. The van der Waals surface area contributed by atoms with Gasteiger partial charge in [0.05, 0.1) is 12.6 Å². The summed E-state index contributed by atoms with van der Waals surface area (Å²) in [5.74, 6) is -2.97. The number of aliphatic hydroxyl groups is 1. The van der Waals surface area contributed by atoms with E-state index in [2.05, 4.69) is 10.6 Å². The van der Waals surface area contributed by atoms with Crippen molar-refractivity contribution in [2.24, 2.45) is 5.73 Å². The normalized spacial score (nSPS) is 18.0. The molecule has 2 rings (SSSR count). The highest BCUT2D eigenvalue weighted by molar-refractivity contribution is 5.94. The lowest BCUT2D eigenvalue weighted by Crippen LogP contribution is -2.57. The van der Waals surface area contributed by atoms with Gasteiger partial charge in [0.15, 0.2) is 0 Å². The summed E-state index contributed by atoms with van der Waals surface area (Å²) in [4.78, 5) is 49.2. The summed E-state index contributed by atoms with van der Waals surface area (Å²) in [5.41, 5.74) is 6.77. The molecule has 6 N–H and O–H groups in total. The van der Waals surface area contributed by atoms with Crippen molar-refractivity contribution in [3.05, 3.63) is 35.9 Å². The lowest BCUT2D eigenvalue weighted by atomic mass is 10.1. The predicted molar refractivity (Wildman–Crippen MR) is 103 cm³/mol. The highest BCUT2D eigenvalue weighted by atomic mass is 16.4. The predicted octanol–water partition coefficient (Wildman–Crippen LogP) is -1.77. The largest absolute Gasteiger partial charge is 0.480 e. The molecule has 1 aliphatic heterocycles. The van der Waals surface area contributed by atoms with E-state index in [1.54, 1.807) is 0 Å². The molecule has 1 aromatic rings. The molecule has 1 saturated heterocycles. The molecule has 3 unspecified atom stereocenters. The molecule has 158 valence electrons. The fourth-order valence-electron chi connectivity index (χ4n) is 3.21. The molecule has 0 aliphatic carbocycles. The van der Waals surface area contributed by atoms with Crippen LogP contribution in [0.5, 0.6) is 0 Å². The number of aliphatic carboxylic acids is 1. The van der Waals surface area contributed by atoms with Gasteiger partial charge in [-0.25, -0.2) is 0 Å². The van der Waals surface area contributed by atoms with Gasteiger partial charge in [0.1, 0.15) is 18.6 Å². The van der Waals surface area contributed by atoms with E-state index in [0.29, 0.717) is 12.8 Å². The summed E-state index contributed by atoms with van der Waals surface area (Å²) in [6.45, 7) is -0.930.